The van der Waals surface area contributed by atoms with E-state index in [1.165, 1.54) is 16.0 Å². The highest BCUT2D eigenvalue weighted by Gasteiger charge is 2.27. The van der Waals surface area contributed by atoms with Crippen LogP contribution in [0.2, 0.25) is 0 Å². The Labute approximate surface area is 163 Å². The average molecular weight is 390 g/mol. The number of hydrogen-bond acceptors (Lipinski definition) is 6. The van der Waals surface area contributed by atoms with Crippen molar-refractivity contribution in [3.05, 3.63) is 38.4 Å². The Hall–Kier alpha value is -1.70. The molecule has 0 bridgehead atoms. The molecule has 6 nitrogen and oxygen atoms in total. The number of fused-ring (bicyclic) bond motifs is 1. The van der Waals surface area contributed by atoms with Crippen LogP contribution in [-0.2, 0) is 19.5 Å². The molecule has 1 fully saturated rings. The second-order valence-electron chi connectivity index (χ2n) is 7.79. The Morgan fingerprint density at radius 2 is 2.15 bits per heavy atom. The van der Waals surface area contributed by atoms with E-state index in [-0.39, 0.29) is 18.1 Å². The van der Waals surface area contributed by atoms with Gasteiger partial charge in [0, 0.05) is 41.5 Å². The van der Waals surface area contributed by atoms with Gasteiger partial charge in [-0.3, -0.25) is 9.69 Å². The summed E-state index contributed by atoms with van der Waals surface area (Å²) in [7, 11) is 0. The molecule has 1 aliphatic heterocycles. The molecule has 2 aliphatic rings. The van der Waals surface area contributed by atoms with Crippen LogP contribution >= 0.6 is 11.3 Å². The third kappa shape index (κ3) is 3.95. The zero-order valence-electron chi connectivity index (χ0n) is 16.0. The molecular weight excluding hydrogens is 362 g/mol. The van der Waals surface area contributed by atoms with Crippen LogP contribution in [0.3, 0.4) is 0 Å². The lowest BCUT2D eigenvalue weighted by atomic mass is 9.92. The zero-order valence-corrected chi connectivity index (χ0v) is 16.8. The maximum Gasteiger partial charge on any atom is 0.252 e. The van der Waals surface area contributed by atoms with E-state index in [2.05, 4.69) is 15.4 Å². The van der Waals surface area contributed by atoms with Gasteiger partial charge in [-0.1, -0.05) is 5.16 Å². The molecule has 0 spiro atoms. The summed E-state index contributed by atoms with van der Waals surface area (Å²) in [6.07, 6.45) is 3.99. The molecule has 0 radical (unpaired) electrons. The summed E-state index contributed by atoms with van der Waals surface area (Å²) in [5.41, 5.74) is 4.19. The summed E-state index contributed by atoms with van der Waals surface area (Å²) in [5.74, 6) is 0.940. The normalized spacial score (nSPS) is 23.2. The molecule has 7 heteroatoms. The minimum absolute atomic E-state index is 0.0491. The van der Waals surface area contributed by atoms with E-state index >= 15 is 0 Å². The van der Waals surface area contributed by atoms with Gasteiger partial charge in [-0.15, -0.1) is 11.3 Å². The maximum atomic E-state index is 12.8. The first-order valence-electron chi connectivity index (χ1n) is 9.73. The van der Waals surface area contributed by atoms with Crippen molar-refractivity contribution >= 4 is 17.2 Å². The fraction of sp³-hybridized carbons (Fsp3) is 0.600. The van der Waals surface area contributed by atoms with E-state index in [1.54, 1.807) is 11.3 Å². The van der Waals surface area contributed by atoms with Crippen LogP contribution in [0.15, 0.2) is 9.90 Å². The van der Waals surface area contributed by atoms with Crippen molar-refractivity contribution in [3.8, 4) is 0 Å². The summed E-state index contributed by atoms with van der Waals surface area (Å²) < 4.78 is 5.28. The molecule has 2 N–H and O–H groups in total. The number of thiophene rings is 1. The van der Waals surface area contributed by atoms with Crippen molar-refractivity contribution in [2.24, 2.45) is 0 Å². The first-order valence-corrected chi connectivity index (χ1v) is 10.6. The molecule has 4 rings (SSSR count). The van der Waals surface area contributed by atoms with Gasteiger partial charge in [-0.05, 0) is 51.5 Å². The van der Waals surface area contributed by atoms with E-state index in [4.69, 9.17) is 4.52 Å². The minimum atomic E-state index is -0.198. The zero-order chi connectivity index (χ0) is 19.0. The van der Waals surface area contributed by atoms with E-state index < -0.39 is 0 Å². The molecule has 0 aromatic carbocycles. The quantitative estimate of drug-likeness (QED) is 0.841. The first-order chi connectivity index (χ1) is 13.0. The average Bonchev–Trinajstić information content (AvgIpc) is 3.22. The summed E-state index contributed by atoms with van der Waals surface area (Å²) in [6, 6.07) is 0.191. The van der Waals surface area contributed by atoms with Gasteiger partial charge in [0.25, 0.3) is 5.91 Å². The summed E-state index contributed by atoms with van der Waals surface area (Å²) >= 11 is 1.69. The molecular formula is C20H27N3O3S. The molecule has 0 unspecified atom stereocenters. The van der Waals surface area contributed by atoms with Crippen molar-refractivity contribution in [2.75, 3.05) is 6.54 Å². The second kappa shape index (κ2) is 7.73. The number of carbonyl (C=O) groups excluding carboxylic acids is 1. The molecule has 2 aromatic rings. The molecule has 1 aliphatic carbocycles. The van der Waals surface area contributed by atoms with E-state index in [9.17, 15) is 9.90 Å². The Balaban J connectivity index is 1.40. The smallest absolute Gasteiger partial charge is 0.252 e. The first kappa shape index (κ1) is 18.7. The Morgan fingerprint density at radius 1 is 1.37 bits per heavy atom. The lowest BCUT2D eigenvalue weighted by molar-refractivity contribution is 0.0866. The highest BCUT2D eigenvalue weighted by atomic mass is 32.1. The predicted octanol–water partition coefficient (Wildman–Crippen LogP) is 2.94. The van der Waals surface area contributed by atoms with Crippen LogP contribution < -0.4 is 5.32 Å². The number of aliphatic hydroxyl groups excluding tert-OH is 1. The maximum absolute atomic E-state index is 12.8. The summed E-state index contributed by atoms with van der Waals surface area (Å²) in [6.45, 7) is 6.59. The van der Waals surface area contributed by atoms with Crippen molar-refractivity contribution in [3.63, 3.8) is 0 Å². The third-order valence-electron chi connectivity index (χ3n) is 5.87. The van der Waals surface area contributed by atoms with Gasteiger partial charge in [0.2, 0.25) is 0 Å². The molecule has 27 heavy (non-hydrogen) atoms. The van der Waals surface area contributed by atoms with Crippen molar-refractivity contribution < 1.29 is 14.4 Å². The number of carbonyl (C=O) groups is 1. The monoisotopic (exact) mass is 389 g/mol. The Kier molecular flexibility index (Phi) is 5.34. The van der Waals surface area contributed by atoms with Crippen LogP contribution in [0.1, 0.15) is 63.5 Å². The number of aliphatic hydroxyl groups is 1. The fourth-order valence-electron chi connectivity index (χ4n) is 4.14. The van der Waals surface area contributed by atoms with Crippen LogP contribution in [0, 0.1) is 13.8 Å². The molecule has 1 amide bonds. The molecule has 0 atom stereocenters. The minimum Gasteiger partial charge on any atom is -0.393 e. The van der Waals surface area contributed by atoms with Gasteiger partial charge < -0.3 is 14.9 Å². The second-order valence-corrected chi connectivity index (χ2v) is 8.76. The lowest BCUT2D eigenvalue weighted by Gasteiger charge is -2.28. The van der Waals surface area contributed by atoms with E-state index in [0.29, 0.717) is 0 Å². The largest absolute Gasteiger partial charge is 0.393 e. The standard InChI is InChI=1S/C20H27N3O3S/c1-12-17(13(2)26-22-12)9-23-8-7-16-18(11-27-19(16)10-23)20(25)21-14-3-5-15(24)6-4-14/h11,14-15,24H,3-10H2,1-2H3,(H,21,25). The number of nitrogens with zero attached hydrogens (tertiary/aromatic N) is 2. The van der Waals surface area contributed by atoms with E-state index in [1.807, 2.05) is 19.2 Å². The van der Waals surface area contributed by atoms with Crippen molar-refractivity contribution in [2.45, 2.75) is 71.2 Å². The number of aromatic nitrogens is 1. The molecule has 2 aromatic heterocycles. The predicted molar refractivity (Wildman–Crippen MR) is 104 cm³/mol. The van der Waals surface area contributed by atoms with Gasteiger partial charge >= 0.3 is 0 Å². The number of rotatable bonds is 4. The van der Waals surface area contributed by atoms with Gasteiger partial charge in [0.05, 0.1) is 17.4 Å². The van der Waals surface area contributed by atoms with Crippen LogP contribution in [-0.4, -0.2) is 39.8 Å². The third-order valence-corrected chi connectivity index (χ3v) is 6.88. The van der Waals surface area contributed by atoms with E-state index in [0.717, 1.165) is 68.8 Å². The number of hydrogen-bond donors (Lipinski definition) is 2. The highest BCUT2D eigenvalue weighted by molar-refractivity contribution is 7.10. The number of aryl methyl sites for hydroxylation is 2. The van der Waals surface area contributed by atoms with Gasteiger partial charge in [0.1, 0.15) is 5.76 Å². The Bertz CT molecular complexity index is 801. The number of nitrogens with one attached hydrogen (secondary N) is 1. The number of amides is 1. The fourth-order valence-corrected chi connectivity index (χ4v) is 5.26. The van der Waals surface area contributed by atoms with Crippen molar-refractivity contribution in [1.29, 1.82) is 0 Å². The lowest BCUT2D eigenvalue weighted by Crippen LogP contribution is -2.39. The van der Waals surface area contributed by atoms with Crippen LogP contribution in [0.25, 0.3) is 0 Å². The van der Waals surface area contributed by atoms with Crippen molar-refractivity contribution in [1.82, 2.24) is 15.4 Å². The summed E-state index contributed by atoms with van der Waals surface area (Å²) in [4.78, 5) is 16.4. The SMILES string of the molecule is Cc1noc(C)c1CN1CCc2c(C(=O)NC3CCC(O)CC3)csc2C1. The highest BCUT2D eigenvalue weighted by Crippen LogP contribution is 2.30. The Morgan fingerprint density at radius 3 is 2.85 bits per heavy atom. The molecule has 146 valence electrons. The van der Waals surface area contributed by atoms with Gasteiger partial charge in [-0.25, -0.2) is 0 Å². The van der Waals surface area contributed by atoms with Gasteiger partial charge in [0.15, 0.2) is 0 Å². The molecule has 0 saturated heterocycles. The van der Waals surface area contributed by atoms with Crippen LogP contribution in [0.4, 0.5) is 0 Å². The van der Waals surface area contributed by atoms with Crippen LogP contribution in [0.5, 0.6) is 0 Å². The molecule has 1 saturated carbocycles. The molecule has 3 heterocycles. The van der Waals surface area contributed by atoms with Gasteiger partial charge in [-0.2, -0.15) is 0 Å². The summed E-state index contributed by atoms with van der Waals surface area (Å²) in [5, 5.41) is 18.9. The topological polar surface area (TPSA) is 78.6 Å².